The summed E-state index contributed by atoms with van der Waals surface area (Å²) in [6.07, 6.45) is 2.59. The number of anilines is 1. The largest absolute Gasteiger partial charge is 0.454 e. The Labute approximate surface area is 147 Å². The second kappa shape index (κ2) is 7.19. The van der Waals surface area contributed by atoms with Crippen LogP contribution in [0.2, 0.25) is 0 Å². The molecule has 1 saturated carbocycles. The Morgan fingerprint density at radius 3 is 2.48 bits per heavy atom. The summed E-state index contributed by atoms with van der Waals surface area (Å²) >= 11 is 0. The number of carbonyl (C=O) groups excluding carboxylic acids is 1. The number of amides is 1. The maximum absolute atomic E-state index is 12.4. The number of nitrogens with zero attached hydrogens (tertiary/aromatic N) is 1. The molecular formula is C16H23N3O5S. The number of nitrogens with one attached hydrogen (secondary N) is 2. The predicted octanol–water partition coefficient (Wildman–Crippen LogP) is 1.31. The highest BCUT2D eigenvalue weighted by molar-refractivity contribution is 7.87. The number of benzene rings is 1. The molecule has 0 spiro atoms. The third-order valence-electron chi connectivity index (χ3n) is 4.53. The Balaban J connectivity index is 1.52. The van der Waals surface area contributed by atoms with E-state index in [4.69, 9.17) is 9.47 Å². The van der Waals surface area contributed by atoms with Crippen LogP contribution in [0, 0.1) is 5.92 Å². The van der Waals surface area contributed by atoms with Crippen LogP contribution in [0.3, 0.4) is 0 Å². The van der Waals surface area contributed by atoms with Gasteiger partial charge in [-0.1, -0.05) is 0 Å². The average molecular weight is 369 g/mol. The van der Waals surface area contributed by atoms with Crippen molar-refractivity contribution in [2.45, 2.75) is 31.7 Å². The smallest absolute Gasteiger partial charge is 0.279 e. The van der Waals surface area contributed by atoms with E-state index in [9.17, 15) is 13.2 Å². The summed E-state index contributed by atoms with van der Waals surface area (Å²) in [6, 6.07) is 5.17. The second-order valence-electron chi connectivity index (χ2n) is 6.51. The molecule has 1 aliphatic heterocycles. The lowest BCUT2D eigenvalue weighted by molar-refractivity contribution is -0.120. The van der Waals surface area contributed by atoms with E-state index >= 15 is 0 Å². The maximum atomic E-state index is 12.4. The van der Waals surface area contributed by atoms with Crippen molar-refractivity contribution in [2.75, 3.05) is 26.2 Å². The fourth-order valence-electron chi connectivity index (χ4n) is 3.01. The Kier molecular flexibility index (Phi) is 5.16. The third-order valence-corrected chi connectivity index (χ3v) is 6.13. The summed E-state index contributed by atoms with van der Waals surface area (Å²) in [6.45, 7) is 0.194. The van der Waals surface area contributed by atoms with E-state index in [1.807, 2.05) is 0 Å². The van der Waals surface area contributed by atoms with Crippen LogP contribution in [0.4, 0.5) is 5.69 Å². The molecule has 0 atom stereocenters. The van der Waals surface area contributed by atoms with Gasteiger partial charge in [-0.3, -0.25) is 4.79 Å². The SMILES string of the molecule is CN(C)S(=O)(=O)N[C@H]1CC[C@H](C(=O)Nc2ccc3c(c2)OCO3)CC1. The molecule has 0 unspecified atom stereocenters. The van der Waals surface area contributed by atoms with E-state index in [2.05, 4.69) is 10.0 Å². The molecule has 0 saturated heterocycles. The first-order valence-electron chi connectivity index (χ1n) is 8.25. The van der Waals surface area contributed by atoms with Gasteiger partial charge in [0, 0.05) is 37.8 Å². The standard InChI is InChI=1S/C16H23N3O5S/c1-19(2)25(21,22)18-12-5-3-11(4-6-12)16(20)17-13-7-8-14-15(9-13)24-10-23-14/h7-9,11-12,18H,3-6,10H2,1-2H3,(H,17,20)/t11-,12-. The number of fused-ring (bicyclic) bond motifs is 1. The molecule has 3 rings (SSSR count). The monoisotopic (exact) mass is 369 g/mol. The zero-order valence-electron chi connectivity index (χ0n) is 14.3. The number of hydrogen-bond donors (Lipinski definition) is 2. The van der Waals surface area contributed by atoms with Gasteiger partial charge in [-0.05, 0) is 37.8 Å². The minimum atomic E-state index is -3.43. The lowest BCUT2D eigenvalue weighted by Crippen LogP contribution is -2.44. The Hall–Kier alpha value is -1.84. The highest BCUT2D eigenvalue weighted by Gasteiger charge is 2.29. The van der Waals surface area contributed by atoms with E-state index in [1.54, 1.807) is 18.2 Å². The molecule has 8 nitrogen and oxygen atoms in total. The highest BCUT2D eigenvalue weighted by Crippen LogP contribution is 2.34. The first-order chi connectivity index (χ1) is 11.8. The Morgan fingerprint density at radius 2 is 1.80 bits per heavy atom. The summed E-state index contributed by atoms with van der Waals surface area (Å²) in [4.78, 5) is 12.4. The summed E-state index contributed by atoms with van der Waals surface area (Å²) in [5.41, 5.74) is 0.671. The van der Waals surface area contributed by atoms with Gasteiger partial charge in [0.1, 0.15) is 0 Å². The quantitative estimate of drug-likeness (QED) is 0.816. The summed E-state index contributed by atoms with van der Waals surface area (Å²) in [5.74, 6) is 1.13. The zero-order valence-corrected chi connectivity index (χ0v) is 15.1. The van der Waals surface area contributed by atoms with Gasteiger partial charge in [-0.25, -0.2) is 0 Å². The van der Waals surface area contributed by atoms with Crippen LogP contribution in [0.1, 0.15) is 25.7 Å². The lowest BCUT2D eigenvalue weighted by atomic mass is 9.86. The van der Waals surface area contributed by atoms with Crippen LogP contribution in [-0.2, 0) is 15.0 Å². The van der Waals surface area contributed by atoms with Crippen molar-refractivity contribution in [3.8, 4) is 11.5 Å². The normalized spacial score (nSPS) is 22.8. The van der Waals surface area contributed by atoms with E-state index in [-0.39, 0.29) is 24.7 Å². The molecule has 1 aliphatic carbocycles. The highest BCUT2D eigenvalue weighted by atomic mass is 32.2. The molecule has 1 aromatic rings. The van der Waals surface area contributed by atoms with Gasteiger partial charge in [0.25, 0.3) is 10.2 Å². The number of carbonyl (C=O) groups is 1. The summed E-state index contributed by atoms with van der Waals surface area (Å²) < 4.78 is 38.1. The molecule has 9 heteroatoms. The number of ether oxygens (including phenoxy) is 2. The van der Waals surface area contributed by atoms with Crippen LogP contribution in [0.5, 0.6) is 11.5 Å². The van der Waals surface area contributed by atoms with Gasteiger partial charge in [0.15, 0.2) is 11.5 Å². The molecule has 1 fully saturated rings. The number of rotatable bonds is 5. The van der Waals surface area contributed by atoms with Gasteiger partial charge < -0.3 is 14.8 Å². The van der Waals surface area contributed by atoms with Crippen LogP contribution in [-0.4, -0.2) is 45.6 Å². The van der Waals surface area contributed by atoms with E-state index in [0.717, 1.165) is 4.31 Å². The van der Waals surface area contributed by atoms with Crippen molar-refractivity contribution < 1.29 is 22.7 Å². The zero-order chi connectivity index (χ0) is 18.0. The van der Waals surface area contributed by atoms with Crippen molar-refractivity contribution >= 4 is 21.8 Å². The number of hydrogen-bond acceptors (Lipinski definition) is 5. The lowest BCUT2D eigenvalue weighted by Gasteiger charge is -2.29. The third kappa shape index (κ3) is 4.23. The van der Waals surface area contributed by atoms with Crippen LogP contribution >= 0.6 is 0 Å². The molecule has 2 N–H and O–H groups in total. The van der Waals surface area contributed by atoms with Crippen molar-refractivity contribution in [2.24, 2.45) is 5.92 Å². The molecule has 25 heavy (non-hydrogen) atoms. The second-order valence-corrected chi connectivity index (χ2v) is 8.43. The summed E-state index contributed by atoms with van der Waals surface area (Å²) in [7, 11) is -0.447. The van der Waals surface area contributed by atoms with Gasteiger partial charge in [0.2, 0.25) is 12.7 Å². The van der Waals surface area contributed by atoms with Crippen LogP contribution in [0.25, 0.3) is 0 Å². The molecule has 138 valence electrons. The fourth-order valence-corrected chi connectivity index (χ4v) is 3.88. The molecule has 0 aromatic heterocycles. The Bertz CT molecular complexity index is 742. The fraction of sp³-hybridized carbons (Fsp3) is 0.562. The molecule has 1 heterocycles. The maximum Gasteiger partial charge on any atom is 0.279 e. The van der Waals surface area contributed by atoms with E-state index in [1.165, 1.54) is 14.1 Å². The minimum absolute atomic E-state index is 0.0483. The van der Waals surface area contributed by atoms with Gasteiger partial charge in [0.05, 0.1) is 0 Å². The van der Waals surface area contributed by atoms with Crippen molar-refractivity contribution in [3.05, 3.63) is 18.2 Å². The molecule has 1 amide bonds. The van der Waals surface area contributed by atoms with Crippen molar-refractivity contribution in [1.82, 2.24) is 9.03 Å². The van der Waals surface area contributed by atoms with Crippen LogP contribution < -0.4 is 19.5 Å². The first kappa shape index (κ1) is 18.0. The van der Waals surface area contributed by atoms with Crippen LogP contribution in [0.15, 0.2) is 18.2 Å². The predicted molar refractivity (Wildman–Crippen MR) is 92.7 cm³/mol. The topological polar surface area (TPSA) is 97.0 Å². The van der Waals surface area contributed by atoms with E-state index in [0.29, 0.717) is 42.9 Å². The summed E-state index contributed by atoms with van der Waals surface area (Å²) in [5, 5.41) is 2.90. The molecule has 0 radical (unpaired) electrons. The molecule has 0 bridgehead atoms. The average Bonchev–Trinajstić information content (AvgIpc) is 3.02. The first-order valence-corrected chi connectivity index (χ1v) is 9.69. The van der Waals surface area contributed by atoms with Gasteiger partial charge in [-0.15, -0.1) is 0 Å². The molecule has 2 aliphatic rings. The van der Waals surface area contributed by atoms with Crippen molar-refractivity contribution in [1.29, 1.82) is 0 Å². The molecule has 1 aromatic carbocycles. The van der Waals surface area contributed by atoms with E-state index < -0.39 is 10.2 Å². The van der Waals surface area contributed by atoms with Gasteiger partial charge >= 0.3 is 0 Å². The van der Waals surface area contributed by atoms with Crippen molar-refractivity contribution in [3.63, 3.8) is 0 Å². The Morgan fingerprint density at radius 1 is 1.12 bits per heavy atom. The molecular weight excluding hydrogens is 346 g/mol. The van der Waals surface area contributed by atoms with Gasteiger partial charge in [-0.2, -0.15) is 17.4 Å². The minimum Gasteiger partial charge on any atom is -0.454 e.